The van der Waals surface area contributed by atoms with Crippen LogP contribution >= 0.6 is 15.9 Å². The Hall–Kier alpha value is -1.26. The Morgan fingerprint density at radius 1 is 1.05 bits per heavy atom. The summed E-state index contributed by atoms with van der Waals surface area (Å²) in [7, 11) is 1.76. The average molecular weight is 340 g/mol. The summed E-state index contributed by atoms with van der Waals surface area (Å²) in [5.41, 5.74) is 3.57. The molecule has 0 fully saturated rings. The zero-order chi connectivity index (χ0) is 14.9. The van der Waals surface area contributed by atoms with Crippen LogP contribution in [-0.4, -0.2) is 7.05 Å². The summed E-state index contributed by atoms with van der Waals surface area (Å²) in [6.45, 7) is 3.99. The van der Waals surface area contributed by atoms with Gasteiger partial charge < -0.3 is 5.32 Å². The Kier molecular flexibility index (Phi) is 4.55. The van der Waals surface area contributed by atoms with E-state index < -0.39 is 11.6 Å². The van der Waals surface area contributed by atoms with Crippen LogP contribution < -0.4 is 5.32 Å². The van der Waals surface area contributed by atoms with Gasteiger partial charge in [-0.2, -0.15) is 0 Å². The van der Waals surface area contributed by atoms with Crippen molar-refractivity contribution in [3.05, 3.63) is 68.7 Å². The van der Waals surface area contributed by atoms with Crippen molar-refractivity contribution < 1.29 is 8.78 Å². The Morgan fingerprint density at radius 2 is 1.65 bits per heavy atom. The zero-order valence-corrected chi connectivity index (χ0v) is 13.2. The monoisotopic (exact) mass is 339 g/mol. The standard InChI is InChI=1S/C16H16BrF2N/c1-9-6-11(7-10(2)15(9)17)16(20-3)13-5-4-12(18)8-14(13)19/h4-8,16,20H,1-3H3. The number of nitrogens with one attached hydrogen (secondary N) is 1. The Morgan fingerprint density at radius 3 is 2.15 bits per heavy atom. The van der Waals surface area contributed by atoms with E-state index in [1.807, 2.05) is 26.0 Å². The first-order valence-electron chi connectivity index (χ1n) is 6.33. The lowest BCUT2D eigenvalue weighted by atomic mass is 9.95. The van der Waals surface area contributed by atoms with Gasteiger partial charge in [0.05, 0.1) is 6.04 Å². The molecule has 0 spiro atoms. The summed E-state index contributed by atoms with van der Waals surface area (Å²) < 4.78 is 28.0. The molecule has 0 saturated heterocycles. The third-order valence-corrected chi connectivity index (χ3v) is 4.61. The van der Waals surface area contributed by atoms with Crippen LogP contribution in [0.1, 0.15) is 28.3 Å². The maximum Gasteiger partial charge on any atom is 0.131 e. The molecule has 0 aromatic heterocycles. The normalized spacial score (nSPS) is 12.5. The number of halogens is 3. The molecule has 4 heteroatoms. The molecule has 1 nitrogen and oxygen atoms in total. The van der Waals surface area contributed by atoms with E-state index in [-0.39, 0.29) is 6.04 Å². The van der Waals surface area contributed by atoms with E-state index in [1.165, 1.54) is 12.1 Å². The van der Waals surface area contributed by atoms with Gasteiger partial charge in [-0.05, 0) is 43.7 Å². The van der Waals surface area contributed by atoms with Gasteiger partial charge in [0.1, 0.15) is 11.6 Å². The largest absolute Gasteiger partial charge is 0.309 e. The summed E-state index contributed by atoms with van der Waals surface area (Å²) in [4.78, 5) is 0. The van der Waals surface area contributed by atoms with Crippen molar-refractivity contribution in [3.63, 3.8) is 0 Å². The fourth-order valence-corrected chi connectivity index (χ4v) is 2.61. The van der Waals surface area contributed by atoms with Gasteiger partial charge in [0, 0.05) is 16.1 Å². The predicted molar refractivity (Wildman–Crippen MR) is 80.9 cm³/mol. The van der Waals surface area contributed by atoms with E-state index >= 15 is 0 Å². The predicted octanol–water partition coefficient (Wildman–Crippen LogP) is 4.65. The van der Waals surface area contributed by atoms with Gasteiger partial charge in [-0.1, -0.05) is 34.1 Å². The molecule has 1 atom stereocenters. The van der Waals surface area contributed by atoms with Crippen LogP contribution in [0.2, 0.25) is 0 Å². The summed E-state index contributed by atoms with van der Waals surface area (Å²) >= 11 is 3.52. The second kappa shape index (κ2) is 6.02. The molecule has 0 aliphatic carbocycles. The van der Waals surface area contributed by atoms with Crippen molar-refractivity contribution in [2.24, 2.45) is 0 Å². The van der Waals surface area contributed by atoms with Crippen molar-refractivity contribution in [3.8, 4) is 0 Å². The Balaban J connectivity index is 2.52. The van der Waals surface area contributed by atoms with Crippen molar-refractivity contribution in [2.75, 3.05) is 7.05 Å². The molecule has 1 N–H and O–H groups in total. The molecular weight excluding hydrogens is 324 g/mol. The van der Waals surface area contributed by atoms with Crippen LogP contribution in [0.25, 0.3) is 0 Å². The molecule has 2 aromatic rings. The molecular formula is C16H16BrF2N. The van der Waals surface area contributed by atoms with E-state index in [2.05, 4.69) is 21.2 Å². The van der Waals surface area contributed by atoms with Crippen molar-refractivity contribution in [2.45, 2.75) is 19.9 Å². The highest BCUT2D eigenvalue weighted by Gasteiger charge is 2.18. The first-order valence-corrected chi connectivity index (χ1v) is 7.12. The van der Waals surface area contributed by atoms with Gasteiger partial charge >= 0.3 is 0 Å². The fraction of sp³-hybridized carbons (Fsp3) is 0.250. The summed E-state index contributed by atoms with van der Waals surface area (Å²) in [6.07, 6.45) is 0. The van der Waals surface area contributed by atoms with E-state index in [1.54, 1.807) is 7.05 Å². The minimum absolute atomic E-state index is 0.305. The molecule has 0 heterocycles. The van der Waals surface area contributed by atoms with Crippen LogP contribution in [-0.2, 0) is 0 Å². The molecule has 20 heavy (non-hydrogen) atoms. The van der Waals surface area contributed by atoms with Gasteiger partial charge in [0.25, 0.3) is 0 Å². The second-order valence-electron chi connectivity index (χ2n) is 4.86. The third kappa shape index (κ3) is 2.91. The number of rotatable bonds is 3. The Bertz CT molecular complexity index is 617. The van der Waals surface area contributed by atoms with Crippen LogP contribution in [0.3, 0.4) is 0 Å². The van der Waals surface area contributed by atoms with Crippen molar-refractivity contribution >= 4 is 15.9 Å². The van der Waals surface area contributed by atoms with Crippen LogP contribution in [0, 0.1) is 25.5 Å². The first-order chi connectivity index (χ1) is 9.43. The van der Waals surface area contributed by atoms with Gasteiger partial charge in [-0.15, -0.1) is 0 Å². The zero-order valence-electron chi connectivity index (χ0n) is 11.6. The quantitative estimate of drug-likeness (QED) is 0.857. The van der Waals surface area contributed by atoms with Crippen LogP contribution in [0.15, 0.2) is 34.8 Å². The minimum Gasteiger partial charge on any atom is -0.309 e. The highest BCUT2D eigenvalue weighted by Crippen LogP contribution is 2.30. The summed E-state index contributed by atoms with van der Waals surface area (Å²) in [6, 6.07) is 7.38. The third-order valence-electron chi connectivity index (χ3n) is 3.35. The molecule has 2 rings (SSSR count). The molecule has 0 aliphatic heterocycles. The van der Waals surface area contributed by atoms with Crippen LogP contribution in [0.5, 0.6) is 0 Å². The minimum atomic E-state index is -0.565. The van der Waals surface area contributed by atoms with Gasteiger partial charge in [0.2, 0.25) is 0 Å². The molecule has 0 bridgehead atoms. The van der Waals surface area contributed by atoms with E-state index in [0.717, 1.165) is 27.2 Å². The number of hydrogen-bond donors (Lipinski definition) is 1. The summed E-state index contributed by atoms with van der Waals surface area (Å²) in [5, 5.41) is 3.09. The molecule has 0 saturated carbocycles. The average Bonchev–Trinajstić information content (AvgIpc) is 2.39. The molecule has 0 radical (unpaired) electrons. The lowest BCUT2D eigenvalue weighted by Crippen LogP contribution is -2.19. The lowest BCUT2D eigenvalue weighted by Gasteiger charge is -2.20. The fourth-order valence-electron chi connectivity index (χ4n) is 2.38. The first kappa shape index (κ1) is 15.1. The molecule has 2 aromatic carbocycles. The highest BCUT2D eigenvalue weighted by atomic mass is 79.9. The highest BCUT2D eigenvalue weighted by molar-refractivity contribution is 9.10. The van der Waals surface area contributed by atoms with Crippen molar-refractivity contribution in [1.82, 2.24) is 5.32 Å². The molecule has 0 aliphatic rings. The maximum atomic E-state index is 14.0. The summed E-state index contributed by atoms with van der Waals surface area (Å²) in [5.74, 6) is -1.10. The topological polar surface area (TPSA) is 12.0 Å². The number of aryl methyl sites for hydroxylation is 2. The van der Waals surface area contributed by atoms with E-state index in [4.69, 9.17) is 0 Å². The Labute approximate surface area is 126 Å². The molecule has 0 amide bonds. The maximum absolute atomic E-state index is 14.0. The number of benzene rings is 2. The van der Waals surface area contributed by atoms with E-state index in [0.29, 0.717) is 5.56 Å². The van der Waals surface area contributed by atoms with E-state index in [9.17, 15) is 8.78 Å². The van der Waals surface area contributed by atoms with Crippen molar-refractivity contribution in [1.29, 1.82) is 0 Å². The van der Waals surface area contributed by atoms with Gasteiger partial charge in [-0.25, -0.2) is 8.78 Å². The van der Waals surface area contributed by atoms with Gasteiger partial charge in [-0.3, -0.25) is 0 Å². The second-order valence-corrected chi connectivity index (χ2v) is 5.65. The smallest absolute Gasteiger partial charge is 0.131 e. The molecule has 106 valence electrons. The van der Waals surface area contributed by atoms with Gasteiger partial charge in [0.15, 0.2) is 0 Å². The SMILES string of the molecule is CNC(c1cc(C)c(Br)c(C)c1)c1ccc(F)cc1F. The lowest BCUT2D eigenvalue weighted by molar-refractivity contribution is 0.551. The van der Waals surface area contributed by atoms with Crippen LogP contribution in [0.4, 0.5) is 8.78 Å². The molecule has 1 unspecified atom stereocenters. The number of hydrogen-bond acceptors (Lipinski definition) is 1.